The maximum Gasteiger partial charge on any atom is 0.256 e. The molecule has 20 heavy (non-hydrogen) atoms. The van der Waals surface area contributed by atoms with Crippen LogP contribution in [-0.4, -0.2) is 55.0 Å². The minimum absolute atomic E-state index is 0.140. The smallest absolute Gasteiger partial charge is 0.256 e. The number of hydrogen-bond acceptors (Lipinski definition) is 3. The van der Waals surface area contributed by atoms with Crippen LogP contribution in [0.25, 0.3) is 0 Å². The van der Waals surface area contributed by atoms with E-state index in [4.69, 9.17) is 0 Å². The summed E-state index contributed by atoms with van der Waals surface area (Å²) in [5, 5.41) is 3.11. The standard InChI is InChI=1S/C16H25N3O/c1-12(2)18-7-9-19(10-8-18)16(20)14-11-13(3)5-6-15(14)17-4/h5-6,11-12,17H,7-10H2,1-4H3. The number of hydrogen-bond donors (Lipinski definition) is 1. The van der Waals surface area contributed by atoms with E-state index in [2.05, 4.69) is 24.1 Å². The van der Waals surface area contributed by atoms with Gasteiger partial charge in [0.15, 0.2) is 0 Å². The molecule has 2 rings (SSSR count). The van der Waals surface area contributed by atoms with Gasteiger partial charge in [-0.15, -0.1) is 0 Å². The van der Waals surface area contributed by atoms with Crippen molar-refractivity contribution in [2.45, 2.75) is 26.8 Å². The third-order valence-corrected chi connectivity index (χ3v) is 4.01. The highest BCUT2D eigenvalue weighted by atomic mass is 16.2. The summed E-state index contributed by atoms with van der Waals surface area (Å²) in [6.45, 7) is 9.98. The van der Waals surface area contributed by atoms with E-state index in [0.29, 0.717) is 6.04 Å². The molecule has 0 unspecified atom stereocenters. The number of carbonyl (C=O) groups excluding carboxylic acids is 1. The van der Waals surface area contributed by atoms with Gasteiger partial charge in [0.1, 0.15) is 0 Å². The van der Waals surface area contributed by atoms with Crippen LogP contribution in [0.1, 0.15) is 29.8 Å². The summed E-state index contributed by atoms with van der Waals surface area (Å²) in [6, 6.07) is 6.54. The van der Waals surface area contributed by atoms with Crippen LogP contribution in [0.4, 0.5) is 5.69 Å². The number of anilines is 1. The van der Waals surface area contributed by atoms with Crippen molar-refractivity contribution < 1.29 is 4.79 Å². The van der Waals surface area contributed by atoms with Gasteiger partial charge in [0, 0.05) is 45.0 Å². The molecule has 1 aromatic carbocycles. The highest BCUT2D eigenvalue weighted by Crippen LogP contribution is 2.20. The van der Waals surface area contributed by atoms with E-state index < -0.39 is 0 Å². The molecule has 4 heteroatoms. The molecule has 1 aliphatic rings. The molecule has 1 fully saturated rings. The molecule has 1 aliphatic heterocycles. The Hall–Kier alpha value is -1.55. The molecule has 0 aliphatic carbocycles. The van der Waals surface area contributed by atoms with E-state index in [1.807, 2.05) is 37.1 Å². The average molecular weight is 275 g/mol. The van der Waals surface area contributed by atoms with Gasteiger partial charge in [-0.25, -0.2) is 0 Å². The average Bonchev–Trinajstić information content (AvgIpc) is 2.46. The Morgan fingerprint density at radius 3 is 2.40 bits per heavy atom. The van der Waals surface area contributed by atoms with Crippen molar-refractivity contribution in [2.75, 3.05) is 38.5 Å². The molecule has 0 saturated carbocycles. The van der Waals surface area contributed by atoms with Crippen molar-refractivity contribution >= 4 is 11.6 Å². The molecular weight excluding hydrogens is 250 g/mol. The number of piperazine rings is 1. The lowest BCUT2D eigenvalue weighted by molar-refractivity contribution is 0.0596. The number of benzene rings is 1. The summed E-state index contributed by atoms with van der Waals surface area (Å²) in [6.07, 6.45) is 0. The van der Waals surface area contributed by atoms with Crippen molar-refractivity contribution in [3.05, 3.63) is 29.3 Å². The van der Waals surface area contributed by atoms with E-state index in [9.17, 15) is 4.79 Å². The molecule has 0 bridgehead atoms. The van der Waals surface area contributed by atoms with Crippen molar-refractivity contribution in [3.63, 3.8) is 0 Å². The third-order valence-electron chi connectivity index (χ3n) is 4.01. The van der Waals surface area contributed by atoms with Gasteiger partial charge in [0.2, 0.25) is 0 Å². The first-order chi connectivity index (χ1) is 9.52. The highest BCUT2D eigenvalue weighted by Gasteiger charge is 2.24. The minimum atomic E-state index is 0.140. The number of nitrogens with one attached hydrogen (secondary N) is 1. The first-order valence-electron chi connectivity index (χ1n) is 7.34. The summed E-state index contributed by atoms with van der Waals surface area (Å²) in [5.41, 5.74) is 2.81. The fourth-order valence-corrected chi connectivity index (χ4v) is 2.66. The van der Waals surface area contributed by atoms with Crippen molar-refractivity contribution in [1.29, 1.82) is 0 Å². The number of aryl methyl sites for hydroxylation is 1. The van der Waals surface area contributed by atoms with Crippen LogP contribution in [0.5, 0.6) is 0 Å². The summed E-state index contributed by atoms with van der Waals surface area (Å²) < 4.78 is 0. The van der Waals surface area contributed by atoms with E-state index in [1.54, 1.807) is 0 Å². The largest absolute Gasteiger partial charge is 0.387 e. The summed E-state index contributed by atoms with van der Waals surface area (Å²) in [5.74, 6) is 0.140. The number of rotatable bonds is 3. The molecule has 4 nitrogen and oxygen atoms in total. The van der Waals surface area contributed by atoms with Gasteiger partial charge in [0.05, 0.1) is 5.56 Å². The van der Waals surface area contributed by atoms with Gasteiger partial charge in [-0.1, -0.05) is 11.6 Å². The topological polar surface area (TPSA) is 35.6 Å². The molecule has 0 radical (unpaired) electrons. The molecule has 1 saturated heterocycles. The number of nitrogens with zero attached hydrogens (tertiary/aromatic N) is 2. The Labute approximate surface area is 121 Å². The van der Waals surface area contributed by atoms with Crippen molar-refractivity contribution in [3.8, 4) is 0 Å². The number of carbonyl (C=O) groups is 1. The molecule has 0 aromatic heterocycles. The van der Waals surface area contributed by atoms with Gasteiger partial charge in [0.25, 0.3) is 5.91 Å². The van der Waals surface area contributed by atoms with Crippen LogP contribution in [0, 0.1) is 6.92 Å². The van der Waals surface area contributed by atoms with Crippen LogP contribution in [0.2, 0.25) is 0 Å². The fourth-order valence-electron chi connectivity index (χ4n) is 2.66. The van der Waals surface area contributed by atoms with Crippen molar-refractivity contribution in [1.82, 2.24) is 9.80 Å². The van der Waals surface area contributed by atoms with Gasteiger partial charge >= 0.3 is 0 Å². The van der Waals surface area contributed by atoms with Crippen molar-refractivity contribution in [2.24, 2.45) is 0 Å². The van der Waals surface area contributed by atoms with E-state index >= 15 is 0 Å². The lowest BCUT2D eigenvalue weighted by Crippen LogP contribution is -2.50. The second-order valence-electron chi connectivity index (χ2n) is 5.72. The molecule has 1 aromatic rings. The van der Waals surface area contributed by atoms with Gasteiger partial charge in [-0.05, 0) is 32.9 Å². The van der Waals surface area contributed by atoms with Gasteiger partial charge in [-0.2, -0.15) is 0 Å². The predicted octanol–water partition coefficient (Wildman–Crippen LogP) is 2.20. The summed E-state index contributed by atoms with van der Waals surface area (Å²) >= 11 is 0. The van der Waals surface area contributed by atoms with Crippen LogP contribution in [0.15, 0.2) is 18.2 Å². The zero-order valence-corrected chi connectivity index (χ0v) is 12.9. The molecule has 110 valence electrons. The Bertz CT molecular complexity index is 477. The Kier molecular flexibility index (Phi) is 4.65. The zero-order chi connectivity index (χ0) is 14.7. The minimum Gasteiger partial charge on any atom is -0.387 e. The quantitative estimate of drug-likeness (QED) is 0.918. The third kappa shape index (κ3) is 3.12. The Balaban J connectivity index is 2.11. The molecule has 1 N–H and O–H groups in total. The zero-order valence-electron chi connectivity index (χ0n) is 12.9. The second kappa shape index (κ2) is 6.27. The first kappa shape index (κ1) is 14.9. The summed E-state index contributed by atoms with van der Waals surface area (Å²) in [4.78, 5) is 17.1. The highest BCUT2D eigenvalue weighted by molar-refractivity contribution is 5.99. The van der Waals surface area contributed by atoms with Gasteiger partial charge in [-0.3, -0.25) is 9.69 Å². The summed E-state index contributed by atoms with van der Waals surface area (Å²) in [7, 11) is 1.86. The normalized spacial score (nSPS) is 16.6. The van der Waals surface area contributed by atoms with Crippen LogP contribution >= 0.6 is 0 Å². The van der Waals surface area contributed by atoms with Crippen LogP contribution in [-0.2, 0) is 0 Å². The fraction of sp³-hybridized carbons (Fsp3) is 0.562. The first-order valence-corrected chi connectivity index (χ1v) is 7.34. The molecular formula is C16H25N3O. The number of amides is 1. The molecule has 1 amide bonds. The monoisotopic (exact) mass is 275 g/mol. The Morgan fingerprint density at radius 2 is 1.85 bits per heavy atom. The SMILES string of the molecule is CNc1ccc(C)cc1C(=O)N1CCN(C(C)C)CC1. The Morgan fingerprint density at radius 1 is 1.20 bits per heavy atom. The van der Waals surface area contributed by atoms with Gasteiger partial charge < -0.3 is 10.2 Å². The van der Waals surface area contributed by atoms with Crippen LogP contribution < -0.4 is 5.32 Å². The lowest BCUT2D eigenvalue weighted by atomic mass is 10.1. The lowest BCUT2D eigenvalue weighted by Gasteiger charge is -2.37. The van der Waals surface area contributed by atoms with E-state index in [1.165, 1.54) is 0 Å². The maximum absolute atomic E-state index is 12.7. The molecule has 0 spiro atoms. The second-order valence-corrected chi connectivity index (χ2v) is 5.72. The van der Waals surface area contributed by atoms with Crippen LogP contribution in [0.3, 0.4) is 0 Å². The molecule has 1 heterocycles. The maximum atomic E-state index is 12.7. The molecule has 0 atom stereocenters. The van der Waals surface area contributed by atoms with E-state index in [0.717, 1.165) is 43.0 Å². The van der Waals surface area contributed by atoms with E-state index in [-0.39, 0.29) is 5.91 Å². The predicted molar refractivity (Wildman–Crippen MR) is 83.3 cm³/mol.